The van der Waals surface area contributed by atoms with E-state index in [-0.39, 0.29) is 11.7 Å². The zero-order chi connectivity index (χ0) is 18.2. The van der Waals surface area contributed by atoms with Crippen LogP contribution >= 0.6 is 23.4 Å². The van der Waals surface area contributed by atoms with Crippen LogP contribution in [-0.4, -0.2) is 40.6 Å². The minimum atomic E-state index is -0.202. The molecule has 0 atom stereocenters. The number of hydrogen-bond donors (Lipinski definition) is 1. The zero-order valence-corrected chi connectivity index (χ0v) is 15.6. The van der Waals surface area contributed by atoms with Crippen molar-refractivity contribution in [3.8, 4) is 5.75 Å². The van der Waals surface area contributed by atoms with Gasteiger partial charge in [0.25, 0.3) is 0 Å². The number of benzene rings is 1. The van der Waals surface area contributed by atoms with Crippen molar-refractivity contribution in [2.45, 2.75) is 18.3 Å². The first-order chi connectivity index (χ1) is 12.1. The van der Waals surface area contributed by atoms with Gasteiger partial charge in [-0.3, -0.25) is 4.79 Å². The number of rotatable bonds is 9. The van der Waals surface area contributed by atoms with Gasteiger partial charge < -0.3 is 19.4 Å². The molecule has 25 heavy (non-hydrogen) atoms. The highest BCUT2D eigenvalue weighted by Crippen LogP contribution is 2.28. The Balaban J connectivity index is 2.03. The lowest BCUT2D eigenvalue weighted by Crippen LogP contribution is -2.15. The number of carbonyl (C=O) groups excluding carboxylic acids is 1. The number of hydrogen-bond acceptors (Lipinski definition) is 6. The van der Waals surface area contributed by atoms with Crippen LogP contribution in [0.25, 0.3) is 0 Å². The summed E-state index contributed by atoms with van der Waals surface area (Å²) < 4.78 is 12.2. The summed E-state index contributed by atoms with van der Waals surface area (Å²) in [6.45, 7) is 4.60. The van der Waals surface area contributed by atoms with Gasteiger partial charge in [0, 0.05) is 18.7 Å². The molecule has 0 saturated carbocycles. The molecule has 1 aromatic carbocycles. The number of thioether (sulfide) groups is 1. The average molecular weight is 383 g/mol. The second-order valence-corrected chi connectivity index (χ2v) is 6.29. The maximum atomic E-state index is 12.2. The smallest absolute Gasteiger partial charge is 0.234 e. The molecule has 134 valence electrons. The molecule has 2 rings (SSSR count). The monoisotopic (exact) mass is 382 g/mol. The molecule has 0 spiro atoms. The summed E-state index contributed by atoms with van der Waals surface area (Å²) >= 11 is 7.24. The fourth-order valence-corrected chi connectivity index (χ4v) is 3.01. The molecule has 0 saturated heterocycles. The number of allylic oxidation sites excluding steroid dienone is 1. The first kappa shape index (κ1) is 19.3. The summed E-state index contributed by atoms with van der Waals surface area (Å²) in [6, 6.07) is 5.03. The van der Waals surface area contributed by atoms with E-state index in [9.17, 15) is 4.79 Å². The van der Waals surface area contributed by atoms with Gasteiger partial charge in [0.15, 0.2) is 11.0 Å². The maximum absolute atomic E-state index is 12.2. The number of nitrogens with one attached hydrogen (secondary N) is 1. The van der Waals surface area contributed by atoms with Crippen LogP contribution in [0.5, 0.6) is 5.75 Å². The van der Waals surface area contributed by atoms with Crippen molar-refractivity contribution < 1.29 is 14.3 Å². The van der Waals surface area contributed by atoms with Gasteiger partial charge >= 0.3 is 0 Å². The molecule has 7 nitrogen and oxygen atoms in total. The highest BCUT2D eigenvalue weighted by molar-refractivity contribution is 7.99. The Morgan fingerprint density at radius 2 is 2.24 bits per heavy atom. The second kappa shape index (κ2) is 9.45. The van der Waals surface area contributed by atoms with E-state index in [1.165, 1.54) is 18.9 Å². The number of amides is 1. The molecule has 0 radical (unpaired) electrons. The van der Waals surface area contributed by atoms with E-state index in [2.05, 4.69) is 22.1 Å². The van der Waals surface area contributed by atoms with Gasteiger partial charge in [-0.15, -0.1) is 16.8 Å². The van der Waals surface area contributed by atoms with Crippen LogP contribution in [0.2, 0.25) is 5.02 Å². The molecule has 0 fully saturated rings. The molecular weight excluding hydrogens is 364 g/mol. The Labute approximate surface area is 155 Å². The van der Waals surface area contributed by atoms with Gasteiger partial charge in [-0.25, -0.2) is 0 Å². The van der Waals surface area contributed by atoms with Crippen LogP contribution in [0.1, 0.15) is 5.82 Å². The van der Waals surface area contributed by atoms with Crippen molar-refractivity contribution in [1.82, 2.24) is 14.8 Å². The van der Waals surface area contributed by atoms with Crippen molar-refractivity contribution >= 4 is 35.0 Å². The zero-order valence-electron chi connectivity index (χ0n) is 14.0. The molecule has 0 bridgehead atoms. The molecule has 1 N–H and O–H groups in total. The Hall–Kier alpha value is -2.03. The molecule has 1 aromatic heterocycles. The Bertz CT molecular complexity index is 751. The van der Waals surface area contributed by atoms with Crippen molar-refractivity contribution in [1.29, 1.82) is 0 Å². The quantitative estimate of drug-likeness (QED) is 0.530. The average Bonchev–Trinajstić information content (AvgIpc) is 2.96. The van der Waals surface area contributed by atoms with Gasteiger partial charge in [-0.1, -0.05) is 29.4 Å². The fourth-order valence-electron chi connectivity index (χ4n) is 2.07. The van der Waals surface area contributed by atoms with Gasteiger partial charge in [-0.2, -0.15) is 0 Å². The number of ether oxygens (including phenoxy) is 2. The third-order valence-corrected chi connectivity index (χ3v) is 4.35. The Morgan fingerprint density at radius 3 is 2.92 bits per heavy atom. The summed E-state index contributed by atoms with van der Waals surface area (Å²) in [4.78, 5) is 12.2. The highest BCUT2D eigenvalue weighted by Gasteiger charge is 2.14. The molecule has 0 aliphatic carbocycles. The normalized spacial score (nSPS) is 10.5. The van der Waals surface area contributed by atoms with E-state index in [4.69, 9.17) is 21.1 Å². The van der Waals surface area contributed by atoms with Gasteiger partial charge in [0.2, 0.25) is 5.91 Å². The maximum Gasteiger partial charge on any atom is 0.234 e. The lowest BCUT2D eigenvalue weighted by Gasteiger charge is -2.10. The van der Waals surface area contributed by atoms with E-state index in [1.807, 2.05) is 4.57 Å². The topological polar surface area (TPSA) is 78.3 Å². The van der Waals surface area contributed by atoms with Crippen LogP contribution < -0.4 is 10.1 Å². The van der Waals surface area contributed by atoms with Crippen molar-refractivity contribution in [3.05, 3.63) is 41.7 Å². The molecule has 1 amide bonds. The summed E-state index contributed by atoms with van der Waals surface area (Å²) in [7, 11) is 3.12. The molecule has 9 heteroatoms. The third kappa shape index (κ3) is 5.22. The number of halogens is 1. The van der Waals surface area contributed by atoms with E-state index < -0.39 is 0 Å². The van der Waals surface area contributed by atoms with E-state index in [0.29, 0.717) is 40.6 Å². The van der Waals surface area contributed by atoms with Crippen LogP contribution in [0.4, 0.5) is 5.69 Å². The summed E-state index contributed by atoms with van der Waals surface area (Å²) in [5.41, 5.74) is 0.522. The number of aromatic nitrogens is 3. The van der Waals surface area contributed by atoms with Crippen LogP contribution in [0.15, 0.2) is 36.0 Å². The highest BCUT2D eigenvalue weighted by atomic mass is 35.5. The molecule has 2 aromatic rings. The summed E-state index contributed by atoms with van der Waals surface area (Å²) in [5, 5.41) is 12.1. The summed E-state index contributed by atoms with van der Waals surface area (Å²) in [6.07, 6.45) is 1.74. The minimum absolute atomic E-state index is 0.165. The SMILES string of the molecule is C=CCn1c(COC)nnc1SCC(=O)Nc1cc(Cl)ccc1OC. The predicted molar refractivity (Wildman–Crippen MR) is 98.3 cm³/mol. The van der Waals surface area contributed by atoms with Gasteiger partial charge in [0.1, 0.15) is 12.4 Å². The largest absolute Gasteiger partial charge is 0.495 e. The molecule has 0 aliphatic heterocycles. The molecular formula is C16H19ClN4O3S. The van der Waals surface area contributed by atoms with E-state index in [1.54, 1.807) is 31.4 Å². The van der Waals surface area contributed by atoms with Crippen molar-refractivity contribution in [2.24, 2.45) is 0 Å². The third-order valence-electron chi connectivity index (χ3n) is 3.15. The van der Waals surface area contributed by atoms with Crippen LogP contribution in [-0.2, 0) is 22.7 Å². The van der Waals surface area contributed by atoms with Gasteiger partial charge in [-0.05, 0) is 18.2 Å². The van der Waals surface area contributed by atoms with E-state index in [0.717, 1.165) is 0 Å². The lowest BCUT2D eigenvalue weighted by atomic mass is 10.3. The van der Waals surface area contributed by atoms with Crippen LogP contribution in [0.3, 0.4) is 0 Å². The van der Waals surface area contributed by atoms with Crippen LogP contribution in [0, 0.1) is 0 Å². The van der Waals surface area contributed by atoms with Crippen molar-refractivity contribution in [2.75, 3.05) is 25.3 Å². The second-order valence-electron chi connectivity index (χ2n) is 4.91. The summed E-state index contributed by atoms with van der Waals surface area (Å²) in [5.74, 6) is 1.19. The van der Waals surface area contributed by atoms with Gasteiger partial charge in [0.05, 0.1) is 18.6 Å². The first-order valence-electron chi connectivity index (χ1n) is 7.37. The first-order valence-corrected chi connectivity index (χ1v) is 8.73. The number of methoxy groups -OCH3 is 2. The number of carbonyl (C=O) groups is 1. The minimum Gasteiger partial charge on any atom is -0.495 e. The molecule has 0 aliphatic rings. The fraction of sp³-hybridized carbons (Fsp3) is 0.312. The molecule has 1 heterocycles. The van der Waals surface area contributed by atoms with Crippen molar-refractivity contribution in [3.63, 3.8) is 0 Å². The predicted octanol–water partition coefficient (Wildman–Crippen LogP) is 3.00. The lowest BCUT2D eigenvalue weighted by molar-refractivity contribution is -0.113. The standard InChI is InChI=1S/C16H19ClN4O3S/c1-4-7-21-14(9-23-2)19-20-16(21)25-10-15(22)18-12-8-11(17)5-6-13(12)24-3/h4-6,8H,1,7,9-10H2,2-3H3,(H,18,22). The number of nitrogens with zero attached hydrogens (tertiary/aromatic N) is 3. The molecule has 0 unspecified atom stereocenters. The van der Waals surface area contributed by atoms with E-state index >= 15 is 0 Å². The Kier molecular flexibility index (Phi) is 7.30. The number of anilines is 1. The Morgan fingerprint density at radius 1 is 1.44 bits per heavy atom.